The summed E-state index contributed by atoms with van der Waals surface area (Å²) in [6.45, 7) is 1.31. The summed E-state index contributed by atoms with van der Waals surface area (Å²) < 4.78 is 6.91. The molecule has 1 aliphatic heterocycles. The number of aromatic carboxylic acids is 1. The molecular weight excluding hydrogens is 172 g/mol. The summed E-state index contributed by atoms with van der Waals surface area (Å²) >= 11 is 0. The van der Waals surface area contributed by atoms with E-state index in [-0.39, 0.29) is 5.56 Å². The van der Waals surface area contributed by atoms with Crippen molar-refractivity contribution in [2.24, 2.45) is 0 Å². The van der Waals surface area contributed by atoms with Gasteiger partial charge >= 0.3 is 5.97 Å². The fourth-order valence-corrected chi connectivity index (χ4v) is 1.36. The maximum atomic E-state index is 10.7. The van der Waals surface area contributed by atoms with Crippen molar-refractivity contribution in [3.05, 3.63) is 11.8 Å². The van der Waals surface area contributed by atoms with Crippen LogP contribution < -0.4 is 4.74 Å². The van der Waals surface area contributed by atoms with Crippen molar-refractivity contribution < 1.29 is 14.6 Å². The molecule has 1 aliphatic rings. The van der Waals surface area contributed by atoms with Gasteiger partial charge in [-0.2, -0.15) is 5.10 Å². The molecule has 1 aromatic rings. The van der Waals surface area contributed by atoms with Crippen molar-refractivity contribution in [1.82, 2.24) is 9.78 Å². The Labute approximate surface area is 74.9 Å². The van der Waals surface area contributed by atoms with E-state index in [9.17, 15) is 4.79 Å². The van der Waals surface area contributed by atoms with Crippen molar-refractivity contribution in [3.8, 4) is 5.88 Å². The second kappa shape index (κ2) is 3.08. The molecule has 5 heteroatoms. The molecule has 0 atom stereocenters. The topological polar surface area (TPSA) is 64.3 Å². The normalized spacial score (nSPS) is 15.7. The summed E-state index contributed by atoms with van der Waals surface area (Å²) in [5.74, 6) is -0.590. The summed E-state index contributed by atoms with van der Waals surface area (Å²) in [7, 11) is 0. The number of carboxylic acids is 1. The second-order valence-electron chi connectivity index (χ2n) is 2.95. The van der Waals surface area contributed by atoms with Crippen molar-refractivity contribution in [2.45, 2.75) is 19.4 Å². The zero-order valence-corrected chi connectivity index (χ0v) is 7.06. The molecule has 2 heterocycles. The molecule has 0 fully saturated rings. The lowest BCUT2D eigenvalue weighted by molar-refractivity contribution is 0.0692. The zero-order chi connectivity index (χ0) is 9.26. The summed E-state index contributed by atoms with van der Waals surface area (Å²) in [5, 5.41) is 12.7. The van der Waals surface area contributed by atoms with Gasteiger partial charge in [-0.3, -0.25) is 0 Å². The third-order valence-electron chi connectivity index (χ3n) is 2.02. The highest BCUT2D eigenvalue weighted by molar-refractivity contribution is 5.89. The van der Waals surface area contributed by atoms with Gasteiger partial charge in [-0.05, 0) is 12.8 Å². The fourth-order valence-electron chi connectivity index (χ4n) is 1.36. The van der Waals surface area contributed by atoms with Gasteiger partial charge in [0.15, 0.2) is 0 Å². The van der Waals surface area contributed by atoms with Crippen LogP contribution in [0.5, 0.6) is 5.88 Å². The molecule has 2 rings (SSSR count). The van der Waals surface area contributed by atoms with E-state index in [1.165, 1.54) is 6.20 Å². The molecule has 0 bridgehead atoms. The summed E-state index contributed by atoms with van der Waals surface area (Å²) in [4.78, 5) is 10.7. The molecule has 0 unspecified atom stereocenters. The Balaban J connectivity index is 2.39. The molecule has 0 aromatic carbocycles. The summed E-state index contributed by atoms with van der Waals surface area (Å²) in [6.07, 6.45) is 3.26. The Morgan fingerprint density at radius 1 is 1.62 bits per heavy atom. The van der Waals surface area contributed by atoms with Crippen LogP contribution in [0.2, 0.25) is 0 Å². The van der Waals surface area contributed by atoms with Gasteiger partial charge in [0, 0.05) is 6.54 Å². The molecule has 70 valence electrons. The Hall–Kier alpha value is -1.52. The Morgan fingerprint density at radius 3 is 3.23 bits per heavy atom. The zero-order valence-electron chi connectivity index (χ0n) is 7.06. The largest absolute Gasteiger partial charge is 0.477 e. The third kappa shape index (κ3) is 1.37. The molecule has 0 saturated heterocycles. The van der Waals surface area contributed by atoms with Crippen LogP contribution in [0.3, 0.4) is 0 Å². The average Bonchev–Trinajstić information content (AvgIpc) is 2.36. The van der Waals surface area contributed by atoms with E-state index in [0.717, 1.165) is 19.4 Å². The molecule has 1 N–H and O–H groups in total. The van der Waals surface area contributed by atoms with Gasteiger partial charge in [-0.15, -0.1) is 0 Å². The molecule has 0 saturated carbocycles. The van der Waals surface area contributed by atoms with Crippen LogP contribution in [0, 0.1) is 0 Å². The van der Waals surface area contributed by atoms with E-state index in [1.807, 2.05) is 0 Å². The number of aromatic nitrogens is 2. The number of fused-ring (bicyclic) bond motifs is 1. The summed E-state index contributed by atoms with van der Waals surface area (Å²) in [6, 6.07) is 0. The van der Waals surface area contributed by atoms with E-state index in [2.05, 4.69) is 5.10 Å². The number of hydrogen-bond donors (Lipinski definition) is 1. The first-order chi connectivity index (χ1) is 6.29. The predicted octanol–water partition coefficient (Wildman–Crippen LogP) is 0.754. The molecule has 0 spiro atoms. The molecule has 0 amide bonds. The van der Waals surface area contributed by atoms with E-state index in [1.54, 1.807) is 4.68 Å². The van der Waals surface area contributed by atoms with Crippen LogP contribution in [0.4, 0.5) is 0 Å². The van der Waals surface area contributed by atoms with Gasteiger partial charge in [0.05, 0.1) is 12.8 Å². The maximum absolute atomic E-state index is 10.7. The lowest BCUT2D eigenvalue weighted by Gasteiger charge is -2.03. The van der Waals surface area contributed by atoms with Gasteiger partial charge in [0.1, 0.15) is 5.56 Å². The minimum absolute atomic E-state index is 0.155. The van der Waals surface area contributed by atoms with Crippen LogP contribution >= 0.6 is 0 Å². The summed E-state index contributed by atoms with van der Waals surface area (Å²) in [5.41, 5.74) is 0.155. The second-order valence-corrected chi connectivity index (χ2v) is 2.95. The van der Waals surface area contributed by atoms with Gasteiger partial charge in [0.25, 0.3) is 0 Å². The Morgan fingerprint density at radius 2 is 2.46 bits per heavy atom. The molecule has 0 radical (unpaired) electrons. The molecule has 1 aromatic heterocycles. The van der Waals surface area contributed by atoms with Crippen LogP contribution in [0.15, 0.2) is 6.20 Å². The monoisotopic (exact) mass is 182 g/mol. The van der Waals surface area contributed by atoms with Crippen LogP contribution in [-0.2, 0) is 6.54 Å². The quantitative estimate of drug-likeness (QED) is 0.696. The highest BCUT2D eigenvalue weighted by atomic mass is 16.5. The first-order valence-corrected chi connectivity index (χ1v) is 4.21. The van der Waals surface area contributed by atoms with E-state index < -0.39 is 5.97 Å². The lowest BCUT2D eigenvalue weighted by atomic mass is 10.3. The number of ether oxygens (including phenoxy) is 1. The number of aryl methyl sites for hydroxylation is 1. The minimum Gasteiger partial charge on any atom is -0.477 e. The van der Waals surface area contributed by atoms with E-state index >= 15 is 0 Å². The van der Waals surface area contributed by atoms with E-state index in [4.69, 9.17) is 9.84 Å². The Kier molecular flexibility index (Phi) is 1.92. The SMILES string of the molecule is O=C(O)c1cnn2c1OCCCC2. The maximum Gasteiger partial charge on any atom is 0.342 e. The number of nitrogens with zero attached hydrogens (tertiary/aromatic N) is 2. The van der Waals surface area contributed by atoms with E-state index in [0.29, 0.717) is 12.5 Å². The van der Waals surface area contributed by atoms with Gasteiger partial charge < -0.3 is 9.84 Å². The number of rotatable bonds is 1. The smallest absolute Gasteiger partial charge is 0.342 e. The first kappa shape index (κ1) is 8.10. The third-order valence-corrected chi connectivity index (χ3v) is 2.02. The Bertz CT molecular complexity index is 332. The highest BCUT2D eigenvalue weighted by Crippen LogP contribution is 2.21. The minimum atomic E-state index is -0.983. The molecular formula is C8H10N2O3. The standard InChI is InChI=1S/C8H10N2O3/c11-8(12)6-5-9-10-3-1-2-4-13-7(6)10/h5H,1-4H2,(H,11,12). The van der Waals surface area contributed by atoms with Crippen molar-refractivity contribution >= 4 is 5.97 Å². The van der Waals surface area contributed by atoms with Crippen LogP contribution in [0.1, 0.15) is 23.2 Å². The number of hydrogen-bond acceptors (Lipinski definition) is 3. The van der Waals surface area contributed by atoms with Crippen LogP contribution in [0.25, 0.3) is 0 Å². The van der Waals surface area contributed by atoms with Gasteiger partial charge in [-0.1, -0.05) is 0 Å². The van der Waals surface area contributed by atoms with Crippen molar-refractivity contribution in [1.29, 1.82) is 0 Å². The average molecular weight is 182 g/mol. The molecule has 5 nitrogen and oxygen atoms in total. The number of carboxylic acid groups (broad SMARTS) is 1. The molecule has 13 heavy (non-hydrogen) atoms. The fraction of sp³-hybridized carbons (Fsp3) is 0.500. The highest BCUT2D eigenvalue weighted by Gasteiger charge is 2.19. The number of carbonyl (C=O) groups is 1. The van der Waals surface area contributed by atoms with Crippen LogP contribution in [-0.4, -0.2) is 27.5 Å². The molecule has 0 aliphatic carbocycles. The van der Waals surface area contributed by atoms with Crippen molar-refractivity contribution in [3.63, 3.8) is 0 Å². The van der Waals surface area contributed by atoms with Gasteiger partial charge in [0.2, 0.25) is 5.88 Å². The lowest BCUT2D eigenvalue weighted by Crippen LogP contribution is -2.04. The predicted molar refractivity (Wildman–Crippen MR) is 43.9 cm³/mol. The first-order valence-electron chi connectivity index (χ1n) is 4.21. The van der Waals surface area contributed by atoms with Gasteiger partial charge in [-0.25, -0.2) is 9.48 Å². The van der Waals surface area contributed by atoms with Crippen molar-refractivity contribution in [2.75, 3.05) is 6.61 Å².